The van der Waals surface area contributed by atoms with E-state index in [0.29, 0.717) is 28.6 Å². The molecule has 0 aliphatic heterocycles. The Labute approximate surface area is 399 Å². The molecule has 0 heterocycles. The molecule has 0 saturated heterocycles. The van der Waals surface area contributed by atoms with Gasteiger partial charge >= 0.3 is 0 Å². The Hall–Kier alpha value is -7.48. The van der Waals surface area contributed by atoms with Crippen LogP contribution in [0.1, 0.15) is 108 Å². The third-order valence-electron chi connectivity index (χ3n) is 10.2. The van der Waals surface area contributed by atoms with Gasteiger partial charge in [-0.15, -0.1) is 0 Å². The van der Waals surface area contributed by atoms with Gasteiger partial charge in [0.15, 0.2) is 34.5 Å². The molecule has 0 radical (unpaired) electrons. The molecule has 6 rings (SSSR count). The zero-order valence-electron chi connectivity index (χ0n) is 39.5. The Morgan fingerprint density at radius 3 is 1.00 bits per heavy atom. The normalized spacial score (nSPS) is 10.1. The van der Waals surface area contributed by atoms with E-state index in [2.05, 4.69) is 13.8 Å². The quantitative estimate of drug-likeness (QED) is 0.0231. The minimum absolute atomic E-state index is 0.0443. The molecule has 14 heteroatoms. The van der Waals surface area contributed by atoms with Crippen molar-refractivity contribution >= 4 is 0 Å². The minimum Gasteiger partial charge on any atom is -0.508 e. The van der Waals surface area contributed by atoms with Crippen molar-refractivity contribution in [1.29, 1.82) is 0 Å². The summed E-state index contributed by atoms with van der Waals surface area (Å²) in [6.07, 6.45) is 16.7. The lowest BCUT2D eigenvalue weighted by atomic mass is 9.99. The summed E-state index contributed by atoms with van der Waals surface area (Å²) in [5.74, 6) is 1.35. The second kappa shape index (κ2) is 31.4. The van der Waals surface area contributed by atoms with Gasteiger partial charge in [-0.3, -0.25) is 0 Å². The first kappa shape index (κ1) is 56.6. The van der Waals surface area contributed by atoms with Crippen molar-refractivity contribution in [3.63, 3.8) is 0 Å². The Morgan fingerprint density at radius 2 is 0.662 bits per heavy atom. The molecule has 6 aromatic carbocycles. The zero-order valence-corrected chi connectivity index (χ0v) is 39.5. The summed E-state index contributed by atoms with van der Waals surface area (Å²) in [6.45, 7) is 6.16. The maximum atomic E-state index is 10.2. The van der Waals surface area contributed by atoms with Gasteiger partial charge in [0.25, 0.3) is 0 Å². The largest absolute Gasteiger partial charge is 0.508 e. The predicted octanol–water partition coefficient (Wildman–Crippen LogP) is 12.8. The van der Waals surface area contributed by atoms with Crippen molar-refractivity contribution in [2.45, 2.75) is 111 Å². The molecule has 68 heavy (non-hydrogen) atoms. The number of unbranched alkanes of at least 4 members (excludes halogenated alkanes) is 10. The van der Waals surface area contributed by atoms with E-state index in [9.17, 15) is 15.3 Å². The standard InChI is InChI=1S/C22H38O2.C12H10O3.C8H10O3.C6H6O4.C6H6O2/c1-3-5-7-9-11-13-15-19-17-22(24)20(18-21(19)23)16-14-12-10-8-6-4-2;13-9-1-5-11(6-2-9)15-12-7-3-10(14)4-8-12;1-5-3-7(10)8(11-2)4-6(5)9;7-3-1-4(8)6(10)2-5(3)9;7-5-1-2-6(8)4-3-5/h17-18,23-24H,3-16H2,1-2H3;1-8,13-14H;3-4,9-10H,1-2H3;1-2,7-10H;1-4,7-8H. The SMILES string of the molecule is CCCCCCCCc1cc(O)c(CCCCCCCC)cc1O.COc1cc(O)c(C)cc1O.Oc1cc(O)c(O)cc1O.Oc1ccc(O)cc1.Oc1ccc(Oc2ccc(O)cc2)cc1. The van der Waals surface area contributed by atoms with E-state index in [1.165, 1.54) is 108 Å². The molecule has 0 spiro atoms. The molecule has 0 unspecified atom stereocenters. The fraction of sp³-hybridized carbons (Fsp3) is 0.333. The molecule has 0 bridgehead atoms. The van der Waals surface area contributed by atoms with Gasteiger partial charge in [0.2, 0.25) is 0 Å². The van der Waals surface area contributed by atoms with Crippen LogP contribution in [0.2, 0.25) is 0 Å². The van der Waals surface area contributed by atoms with Crippen LogP contribution < -0.4 is 9.47 Å². The van der Waals surface area contributed by atoms with Crippen LogP contribution in [0.4, 0.5) is 0 Å². The molecule has 370 valence electrons. The summed E-state index contributed by atoms with van der Waals surface area (Å²) in [5, 5.41) is 109. The highest BCUT2D eigenvalue weighted by Crippen LogP contribution is 2.36. The predicted molar refractivity (Wildman–Crippen MR) is 264 cm³/mol. The topological polar surface area (TPSA) is 261 Å². The van der Waals surface area contributed by atoms with Gasteiger partial charge in [-0.2, -0.15) is 0 Å². The van der Waals surface area contributed by atoms with E-state index in [1.807, 2.05) is 0 Å². The average Bonchev–Trinajstić information content (AvgIpc) is 3.31. The molecule has 0 saturated carbocycles. The van der Waals surface area contributed by atoms with Gasteiger partial charge in [-0.05, 0) is 140 Å². The van der Waals surface area contributed by atoms with E-state index < -0.39 is 23.0 Å². The number of hydrogen-bond acceptors (Lipinski definition) is 14. The summed E-state index contributed by atoms with van der Waals surface area (Å²) in [5.41, 5.74) is 2.42. The zero-order chi connectivity index (χ0) is 50.4. The van der Waals surface area contributed by atoms with Crippen molar-refractivity contribution in [3.8, 4) is 86.2 Å². The molecular formula is C54H70O14. The van der Waals surface area contributed by atoms with Crippen molar-refractivity contribution in [3.05, 3.63) is 126 Å². The molecule has 0 amide bonds. The van der Waals surface area contributed by atoms with E-state index in [0.717, 1.165) is 48.9 Å². The number of aryl methyl sites for hydroxylation is 3. The first-order valence-electron chi connectivity index (χ1n) is 22.8. The van der Waals surface area contributed by atoms with E-state index >= 15 is 0 Å². The van der Waals surface area contributed by atoms with Crippen LogP contribution in [-0.2, 0) is 12.8 Å². The van der Waals surface area contributed by atoms with Crippen LogP contribution in [-0.4, -0.2) is 68.4 Å². The van der Waals surface area contributed by atoms with Crippen LogP contribution in [0.15, 0.2) is 109 Å². The van der Waals surface area contributed by atoms with Gasteiger partial charge in [0, 0.05) is 18.2 Å². The van der Waals surface area contributed by atoms with Gasteiger partial charge in [0.05, 0.1) is 7.11 Å². The van der Waals surface area contributed by atoms with Crippen molar-refractivity contribution in [2.24, 2.45) is 0 Å². The van der Waals surface area contributed by atoms with E-state index in [-0.39, 0.29) is 40.2 Å². The number of rotatable bonds is 17. The molecular weight excluding hydrogens is 873 g/mol. The van der Waals surface area contributed by atoms with Crippen LogP contribution >= 0.6 is 0 Å². The van der Waals surface area contributed by atoms with Crippen molar-refractivity contribution < 1.29 is 70.8 Å². The molecule has 0 aromatic heterocycles. The highest BCUT2D eigenvalue weighted by atomic mass is 16.5. The molecule has 12 N–H and O–H groups in total. The Kier molecular flexibility index (Phi) is 26.2. The van der Waals surface area contributed by atoms with Crippen LogP contribution in [0.3, 0.4) is 0 Å². The third kappa shape index (κ3) is 22.6. The number of phenolic OH excluding ortho intramolecular Hbond substituents is 12. The summed E-state index contributed by atoms with van der Waals surface area (Å²) in [6, 6.07) is 26.7. The fourth-order valence-electron chi connectivity index (χ4n) is 6.25. The lowest BCUT2D eigenvalue weighted by molar-refractivity contribution is 0.368. The van der Waals surface area contributed by atoms with Crippen LogP contribution in [0.5, 0.6) is 86.2 Å². The van der Waals surface area contributed by atoms with Crippen molar-refractivity contribution in [1.82, 2.24) is 0 Å². The van der Waals surface area contributed by atoms with Gasteiger partial charge in [-0.25, -0.2) is 0 Å². The highest BCUT2D eigenvalue weighted by Gasteiger charge is 2.10. The van der Waals surface area contributed by atoms with E-state index in [1.54, 1.807) is 67.6 Å². The monoisotopic (exact) mass is 942 g/mol. The first-order valence-corrected chi connectivity index (χ1v) is 22.8. The minimum atomic E-state index is -0.463. The number of phenols is 12. The first-order chi connectivity index (χ1) is 32.5. The summed E-state index contributed by atoms with van der Waals surface area (Å²) in [7, 11) is 1.43. The lowest BCUT2D eigenvalue weighted by Crippen LogP contribution is -1.92. The second-order valence-electron chi connectivity index (χ2n) is 15.9. The molecule has 0 fully saturated rings. The fourth-order valence-corrected chi connectivity index (χ4v) is 6.25. The number of hydrogen-bond donors (Lipinski definition) is 12. The second-order valence-corrected chi connectivity index (χ2v) is 15.9. The molecule has 0 aliphatic rings. The smallest absolute Gasteiger partial charge is 0.164 e. The van der Waals surface area contributed by atoms with Gasteiger partial charge < -0.3 is 70.8 Å². The lowest BCUT2D eigenvalue weighted by Gasteiger charge is -2.10. The highest BCUT2D eigenvalue weighted by molar-refractivity contribution is 5.51. The van der Waals surface area contributed by atoms with Crippen molar-refractivity contribution in [2.75, 3.05) is 7.11 Å². The Balaban J connectivity index is 0.000000310. The van der Waals surface area contributed by atoms with Gasteiger partial charge in [-0.1, -0.05) is 78.1 Å². The average molecular weight is 943 g/mol. The summed E-state index contributed by atoms with van der Waals surface area (Å²) in [4.78, 5) is 0. The molecule has 14 nitrogen and oxygen atoms in total. The maximum absolute atomic E-state index is 10.2. The van der Waals surface area contributed by atoms with Crippen LogP contribution in [0, 0.1) is 6.92 Å². The van der Waals surface area contributed by atoms with Crippen LogP contribution in [0.25, 0.3) is 0 Å². The third-order valence-corrected chi connectivity index (χ3v) is 10.2. The summed E-state index contributed by atoms with van der Waals surface area (Å²) < 4.78 is 10.2. The van der Waals surface area contributed by atoms with Gasteiger partial charge in [0.1, 0.15) is 51.7 Å². The number of methoxy groups -OCH3 is 1. The maximum Gasteiger partial charge on any atom is 0.164 e. The summed E-state index contributed by atoms with van der Waals surface area (Å²) >= 11 is 0. The number of aromatic hydroxyl groups is 12. The number of benzene rings is 6. The molecule has 0 atom stereocenters. The molecule has 6 aromatic rings. The van der Waals surface area contributed by atoms with E-state index in [4.69, 9.17) is 55.4 Å². The Bertz CT molecular complexity index is 2160. The molecule has 0 aliphatic carbocycles. The number of ether oxygens (including phenoxy) is 2. The Morgan fingerprint density at radius 1 is 0.338 bits per heavy atom.